The molecule has 2 aliphatic rings. The molecule has 6 rings (SSSR count). The molecule has 4 aromatic carbocycles. The van der Waals surface area contributed by atoms with Gasteiger partial charge in [0, 0.05) is 11.8 Å². The second kappa shape index (κ2) is 8.29. The zero-order valence-electron chi connectivity index (χ0n) is 20.1. The van der Waals surface area contributed by atoms with Gasteiger partial charge in [0.05, 0.1) is 0 Å². The summed E-state index contributed by atoms with van der Waals surface area (Å²) in [6.45, 7) is 7.11. The highest BCUT2D eigenvalue weighted by molar-refractivity contribution is 5.84. The van der Waals surface area contributed by atoms with Crippen LogP contribution in [0.1, 0.15) is 54.9 Å². The Morgan fingerprint density at radius 3 is 1.32 bits per heavy atom. The fourth-order valence-electron chi connectivity index (χ4n) is 6.48. The first-order valence-electron chi connectivity index (χ1n) is 12.4. The van der Waals surface area contributed by atoms with Crippen LogP contribution in [0.2, 0.25) is 0 Å². The molecule has 0 heterocycles. The van der Waals surface area contributed by atoms with Gasteiger partial charge >= 0.3 is 0 Å². The van der Waals surface area contributed by atoms with E-state index in [0.717, 1.165) is 0 Å². The molecule has 2 unspecified atom stereocenters. The minimum absolute atomic E-state index is 0.429. The second-order valence-corrected chi connectivity index (χ2v) is 9.94. The molecule has 0 aromatic heterocycles. The molecular weight excluding hydrogens is 408 g/mol. The van der Waals surface area contributed by atoms with Crippen molar-refractivity contribution >= 4 is 12.2 Å². The molecule has 0 amide bonds. The number of fused-ring (bicyclic) bond motifs is 2. The molecule has 0 N–H and O–H groups in total. The van der Waals surface area contributed by atoms with E-state index in [1.165, 1.54) is 55.7 Å². The van der Waals surface area contributed by atoms with Gasteiger partial charge in [-0.25, -0.2) is 0 Å². The number of hydrogen-bond donors (Lipinski definition) is 0. The van der Waals surface area contributed by atoms with Crippen molar-refractivity contribution < 1.29 is 0 Å². The van der Waals surface area contributed by atoms with Gasteiger partial charge in [0.25, 0.3) is 0 Å². The maximum absolute atomic E-state index is 2.46. The topological polar surface area (TPSA) is 0 Å². The third-order valence-corrected chi connectivity index (χ3v) is 7.90. The van der Waals surface area contributed by atoms with Crippen molar-refractivity contribution in [1.29, 1.82) is 0 Å². The third-order valence-electron chi connectivity index (χ3n) is 7.90. The van der Waals surface area contributed by atoms with Crippen molar-refractivity contribution in [3.63, 3.8) is 0 Å². The van der Waals surface area contributed by atoms with Crippen LogP contribution in [0.4, 0.5) is 0 Å². The summed E-state index contributed by atoms with van der Waals surface area (Å²) >= 11 is 0. The number of hydrogen-bond acceptors (Lipinski definition) is 0. The lowest BCUT2D eigenvalue weighted by atomic mass is 9.73. The predicted molar refractivity (Wildman–Crippen MR) is 146 cm³/mol. The largest absolute Gasteiger partial charge is 0.0649 e. The van der Waals surface area contributed by atoms with Crippen molar-refractivity contribution in [2.24, 2.45) is 5.92 Å². The third kappa shape index (κ3) is 3.29. The summed E-state index contributed by atoms with van der Waals surface area (Å²) in [5, 5.41) is 0. The van der Waals surface area contributed by atoms with E-state index in [4.69, 9.17) is 0 Å². The quantitative estimate of drug-likeness (QED) is 0.298. The Bertz CT molecular complexity index is 1310. The Balaban J connectivity index is 1.41. The lowest BCUT2D eigenvalue weighted by Gasteiger charge is -2.30. The van der Waals surface area contributed by atoms with Gasteiger partial charge in [0.1, 0.15) is 0 Å². The van der Waals surface area contributed by atoms with Gasteiger partial charge in [-0.3, -0.25) is 0 Å². The van der Waals surface area contributed by atoms with Gasteiger partial charge in [-0.1, -0.05) is 127 Å². The van der Waals surface area contributed by atoms with E-state index < -0.39 is 0 Å². The van der Waals surface area contributed by atoms with E-state index >= 15 is 0 Å². The van der Waals surface area contributed by atoms with Crippen molar-refractivity contribution in [2.45, 2.75) is 32.6 Å². The Morgan fingerprint density at radius 1 is 0.500 bits per heavy atom. The van der Waals surface area contributed by atoms with Crippen molar-refractivity contribution in [2.75, 3.05) is 0 Å². The van der Waals surface area contributed by atoms with Crippen LogP contribution in [0.3, 0.4) is 0 Å². The molecule has 4 aromatic rings. The summed E-state index contributed by atoms with van der Waals surface area (Å²) in [7, 11) is 0. The molecule has 0 saturated heterocycles. The lowest BCUT2D eigenvalue weighted by Crippen LogP contribution is -2.18. The molecular formula is C34H30. The van der Waals surface area contributed by atoms with Crippen LogP contribution in [0.5, 0.6) is 0 Å². The highest BCUT2D eigenvalue weighted by Gasteiger charge is 2.37. The van der Waals surface area contributed by atoms with E-state index in [1.54, 1.807) is 0 Å². The van der Waals surface area contributed by atoms with Crippen LogP contribution in [0.25, 0.3) is 34.4 Å². The van der Waals surface area contributed by atoms with E-state index in [2.05, 4.69) is 130 Å². The smallest absolute Gasteiger partial charge is 0.00894 e. The first-order chi connectivity index (χ1) is 16.6. The SMILES string of the molecule is CC1=Cc2c(-c3ccccc3)cccc2C1C(C)C1C(C)=Cc2c(-c3ccccc3)cccc21. The van der Waals surface area contributed by atoms with E-state index in [0.29, 0.717) is 17.8 Å². The van der Waals surface area contributed by atoms with Gasteiger partial charge < -0.3 is 0 Å². The van der Waals surface area contributed by atoms with Gasteiger partial charge in [-0.2, -0.15) is 0 Å². The van der Waals surface area contributed by atoms with Gasteiger partial charge in [0.15, 0.2) is 0 Å². The van der Waals surface area contributed by atoms with E-state index in [9.17, 15) is 0 Å². The van der Waals surface area contributed by atoms with Gasteiger partial charge in [-0.05, 0) is 64.3 Å². The number of benzene rings is 4. The molecule has 34 heavy (non-hydrogen) atoms. The van der Waals surface area contributed by atoms with Crippen LogP contribution >= 0.6 is 0 Å². The Kier molecular flexibility index (Phi) is 5.11. The fourth-order valence-corrected chi connectivity index (χ4v) is 6.48. The first-order valence-corrected chi connectivity index (χ1v) is 12.4. The van der Waals surface area contributed by atoms with Crippen LogP contribution in [-0.2, 0) is 0 Å². The summed E-state index contributed by atoms with van der Waals surface area (Å²) in [6.07, 6.45) is 4.88. The van der Waals surface area contributed by atoms with Gasteiger partial charge in [0.2, 0.25) is 0 Å². The summed E-state index contributed by atoms with van der Waals surface area (Å²) in [6, 6.07) is 35.3. The van der Waals surface area contributed by atoms with E-state index in [-0.39, 0.29) is 0 Å². The standard InChI is InChI=1S/C34H30/c1-22-20-31-27(25-12-6-4-7-13-25)16-10-18-29(31)33(22)24(3)34-23(2)21-32-28(17-11-19-30(32)34)26-14-8-5-9-15-26/h4-21,24,33-34H,1-3H3. The van der Waals surface area contributed by atoms with Crippen LogP contribution in [-0.4, -0.2) is 0 Å². The maximum atomic E-state index is 2.46. The van der Waals surface area contributed by atoms with Crippen LogP contribution < -0.4 is 0 Å². The van der Waals surface area contributed by atoms with Crippen LogP contribution in [0.15, 0.2) is 108 Å². The molecule has 2 atom stereocenters. The zero-order chi connectivity index (χ0) is 23.2. The lowest BCUT2D eigenvalue weighted by molar-refractivity contribution is 0.455. The molecule has 0 spiro atoms. The summed E-state index contributed by atoms with van der Waals surface area (Å²) < 4.78 is 0. The Labute approximate surface area is 203 Å². The van der Waals surface area contributed by atoms with Gasteiger partial charge in [-0.15, -0.1) is 0 Å². The van der Waals surface area contributed by atoms with Crippen LogP contribution in [0, 0.1) is 5.92 Å². The monoisotopic (exact) mass is 438 g/mol. The molecule has 0 heteroatoms. The zero-order valence-corrected chi connectivity index (χ0v) is 20.1. The van der Waals surface area contributed by atoms with Crippen molar-refractivity contribution in [3.8, 4) is 22.3 Å². The van der Waals surface area contributed by atoms with Crippen molar-refractivity contribution in [1.82, 2.24) is 0 Å². The Morgan fingerprint density at radius 2 is 0.912 bits per heavy atom. The molecule has 0 saturated carbocycles. The highest BCUT2D eigenvalue weighted by atomic mass is 14.4. The number of allylic oxidation sites excluding steroid dienone is 2. The Hall–Kier alpha value is -3.64. The first kappa shape index (κ1) is 20.9. The average Bonchev–Trinajstić information content (AvgIpc) is 3.39. The van der Waals surface area contributed by atoms with E-state index in [1.807, 2.05) is 0 Å². The normalized spacial score (nSPS) is 19.3. The molecule has 166 valence electrons. The van der Waals surface area contributed by atoms with Crippen molar-refractivity contribution in [3.05, 3.63) is 130 Å². The number of rotatable bonds is 4. The fraction of sp³-hybridized carbons (Fsp3) is 0.176. The minimum atomic E-state index is 0.429. The second-order valence-electron chi connectivity index (χ2n) is 9.94. The average molecular weight is 439 g/mol. The molecule has 2 aliphatic carbocycles. The summed E-state index contributed by atoms with van der Waals surface area (Å²) in [4.78, 5) is 0. The minimum Gasteiger partial charge on any atom is -0.0649 e. The summed E-state index contributed by atoms with van der Waals surface area (Å²) in [5.41, 5.74) is 14.0. The molecule has 0 bridgehead atoms. The molecule has 0 aliphatic heterocycles. The summed E-state index contributed by atoms with van der Waals surface area (Å²) in [5.74, 6) is 1.34. The highest BCUT2D eigenvalue weighted by Crippen LogP contribution is 2.53. The molecule has 0 fully saturated rings. The molecule has 0 radical (unpaired) electrons. The predicted octanol–water partition coefficient (Wildman–Crippen LogP) is 9.36. The molecule has 0 nitrogen and oxygen atoms in total. The maximum Gasteiger partial charge on any atom is 0.00894 e.